The third kappa shape index (κ3) is 3.05. The number of imidazole rings is 1. The van der Waals surface area contributed by atoms with Crippen LogP contribution in [0.3, 0.4) is 0 Å². The number of pyridine rings is 1. The van der Waals surface area contributed by atoms with Crippen LogP contribution in [-0.4, -0.2) is 20.7 Å². The van der Waals surface area contributed by atoms with Gasteiger partial charge in [-0.15, -0.1) is 0 Å². The maximum atomic E-state index is 12.7. The summed E-state index contributed by atoms with van der Waals surface area (Å²) in [5, 5.41) is 0. The molecule has 0 spiro atoms. The summed E-state index contributed by atoms with van der Waals surface area (Å²) in [5.74, 6) is 2.06. The molecule has 28 heavy (non-hydrogen) atoms. The van der Waals surface area contributed by atoms with Crippen molar-refractivity contribution in [1.29, 1.82) is 0 Å². The summed E-state index contributed by atoms with van der Waals surface area (Å²) in [7, 11) is 0. The maximum Gasteiger partial charge on any atom is 0.228 e. The van der Waals surface area contributed by atoms with Crippen molar-refractivity contribution >= 4 is 16.8 Å². The Bertz CT molecular complexity index is 1110. The largest absolute Gasteiger partial charge is 0.439 e. The fraction of sp³-hybridized carbons (Fsp3) is 0.174. The van der Waals surface area contributed by atoms with E-state index in [2.05, 4.69) is 21.0 Å². The number of H-pyrrole nitrogens is 1. The van der Waals surface area contributed by atoms with Gasteiger partial charge in [0.25, 0.3) is 0 Å². The number of rotatable bonds is 5. The first-order chi connectivity index (χ1) is 13.8. The van der Waals surface area contributed by atoms with Gasteiger partial charge in [0.15, 0.2) is 5.82 Å². The lowest BCUT2D eigenvalue weighted by Gasteiger charge is -2.26. The van der Waals surface area contributed by atoms with Gasteiger partial charge in [-0.1, -0.05) is 24.6 Å². The van der Waals surface area contributed by atoms with Crippen LogP contribution in [0.5, 0.6) is 11.6 Å². The molecular formula is C23H19N3O2. The van der Waals surface area contributed by atoms with Gasteiger partial charge in [0, 0.05) is 17.3 Å². The fourth-order valence-corrected chi connectivity index (χ4v) is 3.50. The Balaban J connectivity index is 1.36. The highest BCUT2D eigenvalue weighted by molar-refractivity contribution is 6.08. The second-order valence-electron chi connectivity index (χ2n) is 7.08. The monoisotopic (exact) mass is 369 g/mol. The van der Waals surface area contributed by atoms with Gasteiger partial charge < -0.3 is 9.72 Å². The topological polar surface area (TPSA) is 67.9 Å². The Morgan fingerprint density at radius 3 is 2.57 bits per heavy atom. The number of para-hydroxylation sites is 2. The Morgan fingerprint density at radius 2 is 1.82 bits per heavy atom. The first-order valence-corrected chi connectivity index (χ1v) is 9.50. The van der Waals surface area contributed by atoms with Crippen LogP contribution in [0.25, 0.3) is 11.0 Å². The van der Waals surface area contributed by atoms with E-state index in [4.69, 9.17) is 4.74 Å². The average molecular weight is 369 g/mol. The minimum Gasteiger partial charge on any atom is -0.439 e. The normalized spacial score (nSPS) is 14.0. The number of ether oxygens (including phenoxy) is 1. The lowest BCUT2D eigenvalue weighted by Crippen LogP contribution is -2.10. The molecule has 2 heterocycles. The summed E-state index contributed by atoms with van der Waals surface area (Å²) >= 11 is 0. The van der Waals surface area contributed by atoms with E-state index in [0.29, 0.717) is 28.9 Å². The van der Waals surface area contributed by atoms with E-state index in [-0.39, 0.29) is 5.78 Å². The molecule has 5 nitrogen and oxygen atoms in total. The average Bonchev–Trinajstić information content (AvgIpc) is 3.12. The number of nitrogens with zero attached hydrogens (tertiary/aromatic N) is 2. The number of aromatic amines is 1. The third-order valence-corrected chi connectivity index (χ3v) is 5.28. The number of nitrogens with one attached hydrogen (secondary N) is 1. The maximum absolute atomic E-state index is 12.7. The number of hydrogen-bond donors (Lipinski definition) is 1. The van der Waals surface area contributed by atoms with E-state index in [1.165, 1.54) is 19.3 Å². The fourth-order valence-electron chi connectivity index (χ4n) is 3.50. The highest BCUT2D eigenvalue weighted by Crippen LogP contribution is 2.40. The van der Waals surface area contributed by atoms with Crippen LogP contribution in [0.2, 0.25) is 0 Å². The van der Waals surface area contributed by atoms with Gasteiger partial charge in [-0.05, 0) is 61.2 Å². The standard InChI is InChI=1S/C23H19N3O2/c27-21(22-25-19-8-1-2-9-20(19)26-22)16-10-12-17(13-11-16)28-23-18(7-4-14-24-23)15-5-3-6-15/h1-2,4,7-15H,3,5-6H2,(H,25,26). The molecule has 0 amide bonds. The molecule has 138 valence electrons. The van der Waals surface area contributed by atoms with Crippen LogP contribution in [-0.2, 0) is 0 Å². The number of aromatic nitrogens is 3. The summed E-state index contributed by atoms with van der Waals surface area (Å²) < 4.78 is 6.01. The van der Waals surface area contributed by atoms with Crippen molar-refractivity contribution in [2.75, 3.05) is 0 Å². The number of carbonyl (C=O) groups is 1. The van der Waals surface area contributed by atoms with Crippen molar-refractivity contribution in [2.45, 2.75) is 25.2 Å². The first kappa shape index (κ1) is 16.7. The Labute approximate surface area is 162 Å². The molecule has 0 saturated heterocycles. The van der Waals surface area contributed by atoms with Gasteiger partial charge in [0.2, 0.25) is 11.7 Å². The molecule has 1 N–H and O–H groups in total. The molecule has 1 aliphatic carbocycles. The van der Waals surface area contributed by atoms with Gasteiger partial charge in [0.05, 0.1) is 11.0 Å². The number of hydrogen-bond acceptors (Lipinski definition) is 4. The third-order valence-electron chi connectivity index (χ3n) is 5.28. The Hall–Kier alpha value is -3.47. The van der Waals surface area contributed by atoms with Gasteiger partial charge >= 0.3 is 0 Å². The molecule has 1 fully saturated rings. The zero-order valence-electron chi connectivity index (χ0n) is 15.3. The zero-order chi connectivity index (χ0) is 18.9. The van der Waals surface area contributed by atoms with Crippen molar-refractivity contribution in [3.05, 3.63) is 83.8 Å². The van der Waals surface area contributed by atoms with E-state index >= 15 is 0 Å². The van der Waals surface area contributed by atoms with E-state index in [0.717, 1.165) is 16.6 Å². The molecule has 5 rings (SSSR count). The highest BCUT2D eigenvalue weighted by atomic mass is 16.5. The molecule has 1 aliphatic rings. The Morgan fingerprint density at radius 1 is 1.00 bits per heavy atom. The SMILES string of the molecule is O=C(c1ccc(Oc2ncccc2C2CCC2)cc1)c1nc2ccccc2[nH]1. The molecule has 4 aromatic rings. The number of carbonyl (C=O) groups excluding carboxylic acids is 1. The van der Waals surface area contributed by atoms with Gasteiger partial charge in [-0.2, -0.15) is 0 Å². The van der Waals surface area contributed by atoms with Crippen molar-refractivity contribution in [2.24, 2.45) is 0 Å². The number of benzene rings is 2. The molecule has 0 unspecified atom stereocenters. The van der Waals surface area contributed by atoms with Crippen molar-refractivity contribution < 1.29 is 9.53 Å². The van der Waals surface area contributed by atoms with Gasteiger partial charge in [-0.25, -0.2) is 9.97 Å². The van der Waals surface area contributed by atoms with Crippen LogP contribution < -0.4 is 4.74 Å². The van der Waals surface area contributed by atoms with E-state index in [9.17, 15) is 4.79 Å². The second kappa shape index (κ2) is 6.93. The van der Waals surface area contributed by atoms with Crippen LogP contribution >= 0.6 is 0 Å². The molecule has 2 aromatic carbocycles. The van der Waals surface area contributed by atoms with Crippen LogP contribution in [0.4, 0.5) is 0 Å². The molecule has 2 aromatic heterocycles. The lowest BCUT2D eigenvalue weighted by molar-refractivity contribution is 0.103. The lowest BCUT2D eigenvalue weighted by atomic mass is 9.80. The van der Waals surface area contributed by atoms with Crippen molar-refractivity contribution in [1.82, 2.24) is 15.0 Å². The smallest absolute Gasteiger partial charge is 0.228 e. The molecule has 0 atom stereocenters. The van der Waals surface area contributed by atoms with E-state index in [1.807, 2.05) is 30.3 Å². The predicted molar refractivity (Wildman–Crippen MR) is 107 cm³/mol. The molecule has 0 bridgehead atoms. The summed E-state index contributed by atoms with van der Waals surface area (Å²) in [6.45, 7) is 0. The summed E-state index contributed by atoms with van der Waals surface area (Å²) in [6.07, 6.45) is 5.38. The first-order valence-electron chi connectivity index (χ1n) is 9.50. The predicted octanol–water partition coefficient (Wildman–Crippen LogP) is 5.25. The molecular weight excluding hydrogens is 350 g/mol. The molecule has 1 saturated carbocycles. The molecule has 5 heteroatoms. The van der Waals surface area contributed by atoms with Crippen LogP contribution in [0, 0.1) is 0 Å². The molecule has 0 aliphatic heterocycles. The number of fused-ring (bicyclic) bond motifs is 1. The van der Waals surface area contributed by atoms with Gasteiger partial charge in [0.1, 0.15) is 5.75 Å². The Kier molecular flexibility index (Phi) is 4.13. The summed E-state index contributed by atoms with van der Waals surface area (Å²) in [5.41, 5.74) is 3.36. The second-order valence-corrected chi connectivity index (χ2v) is 7.08. The number of ketones is 1. The highest BCUT2D eigenvalue weighted by Gasteiger charge is 2.23. The van der Waals surface area contributed by atoms with E-state index < -0.39 is 0 Å². The van der Waals surface area contributed by atoms with E-state index in [1.54, 1.807) is 30.5 Å². The van der Waals surface area contributed by atoms with Crippen molar-refractivity contribution in [3.8, 4) is 11.6 Å². The summed E-state index contributed by atoms with van der Waals surface area (Å²) in [4.78, 5) is 24.6. The molecule has 0 radical (unpaired) electrons. The van der Waals surface area contributed by atoms with Crippen LogP contribution in [0.15, 0.2) is 66.9 Å². The van der Waals surface area contributed by atoms with Crippen LogP contribution in [0.1, 0.15) is 46.9 Å². The van der Waals surface area contributed by atoms with Gasteiger partial charge in [-0.3, -0.25) is 4.79 Å². The quantitative estimate of drug-likeness (QED) is 0.488. The zero-order valence-corrected chi connectivity index (χ0v) is 15.3. The summed E-state index contributed by atoms with van der Waals surface area (Å²) in [6, 6.07) is 18.8. The minimum atomic E-state index is -0.143. The minimum absolute atomic E-state index is 0.143. The van der Waals surface area contributed by atoms with Crippen molar-refractivity contribution in [3.63, 3.8) is 0 Å².